The molecule has 0 aliphatic carbocycles. The minimum Gasteiger partial charge on any atom is -0.497 e. The van der Waals surface area contributed by atoms with E-state index in [1.54, 1.807) is 32.2 Å². The van der Waals surface area contributed by atoms with Crippen LogP contribution in [0.15, 0.2) is 23.4 Å². The Labute approximate surface area is 106 Å². The van der Waals surface area contributed by atoms with E-state index in [4.69, 9.17) is 19.9 Å². The number of nitrogens with zero attached hydrogens (tertiary/aromatic N) is 2. The summed E-state index contributed by atoms with van der Waals surface area (Å²) in [4.78, 5) is 0. The molecule has 0 radical (unpaired) electrons. The van der Waals surface area contributed by atoms with E-state index in [0.29, 0.717) is 42.2 Å². The number of hydrogen-bond donors (Lipinski definition) is 1. The van der Waals surface area contributed by atoms with Gasteiger partial charge in [-0.25, -0.2) is 0 Å². The van der Waals surface area contributed by atoms with Gasteiger partial charge in [0.15, 0.2) is 0 Å². The Balaban J connectivity index is 2.87. The van der Waals surface area contributed by atoms with Crippen molar-refractivity contribution >= 4 is 5.71 Å². The van der Waals surface area contributed by atoms with Crippen LogP contribution in [0.3, 0.4) is 0 Å². The van der Waals surface area contributed by atoms with Gasteiger partial charge in [0.05, 0.1) is 25.5 Å². The Hall–Kier alpha value is -2.22. The molecule has 96 valence electrons. The van der Waals surface area contributed by atoms with Crippen LogP contribution in [0.5, 0.6) is 11.5 Å². The van der Waals surface area contributed by atoms with E-state index in [2.05, 4.69) is 11.2 Å². The number of rotatable bonds is 6. The van der Waals surface area contributed by atoms with E-state index in [9.17, 15) is 0 Å². The Kier molecular flexibility index (Phi) is 5.52. The molecule has 0 saturated carbocycles. The molecule has 0 saturated heterocycles. The third kappa shape index (κ3) is 3.67. The van der Waals surface area contributed by atoms with Gasteiger partial charge in [-0.1, -0.05) is 5.16 Å². The third-order valence-corrected chi connectivity index (χ3v) is 2.42. The maximum Gasteiger partial charge on any atom is 0.132 e. The second kappa shape index (κ2) is 7.17. The van der Waals surface area contributed by atoms with E-state index in [1.807, 2.05) is 0 Å². The van der Waals surface area contributed by atoms with Crippen molar-refractivity contribution in [3.8, 4) is 17.6 Å². The monoisotopic (exact) mass is 248 g/mol. The van der Waals surface area contributed by atoms with Crippen molar-refractivity contribution in [3.05, 3.63) is 23.8 Å². The van der Waals surface area contributed by atoms with Crippen LogP contribution >= 0.6 is 0 Å². The third-order valence-electron chi connectivity index (χ3n) is 2.42. The minimum absolute atomic E-state index is 0.437. The van der Waals surface area contributed by atoms with Crippen LogP contribution in [0.25, 0.3) is 0 Å². The number of hydrogen-bond acceptors (Lipinski definition) is 5. The van der Waals surface area contributed by atoms with Gasteiger partial charge in [-0.2, -0.15) is 5.26 Å². The number of methoxy groups -OCH3 is 1. The number of unbranched alkanes of at least 4 members (excludes halogenated alkanes) is 1. The Morgan fingerprint density at radius 3 is 2.89 bits per heavy atom. The lowest BCUT2D eigenvalue weighted by atomic mass is 10.1. The topological polar surface area (TPSA) is 74.8 Å². The largest absolute Gasteiger partial charge is 0.497 e. The summed E-state index contributed by atoms with van der Waals surface area (Å²) in [6, 6.07) is 7.33. The molecule has 0 amide bonds. The average molecular weight is 248 g/mol. The lowest BCUT2D eigenvalue weighted by Gasteiger charge is -2.11. The van der Waals surface area contributed by atoms with Gasteiger partial charge >= 0.3 is 0 Å². The summed E-state index contributed by atoms with van der Waals surface area (Å²) in [5.74, 6) is 1.25. The van der Waals surface area contributed by atoms with Crippen molar-refractivity contribution in [2.45, 2.75) is 19.8 Å². The highest BCUT2D eigenvalue weighted by atomic mass is 16.5. The fourth-order valence-electron chi connectivity index (χ4n) is 1.44. The van der Waals surface area contributed by atoms with Gasteiger partial charge in [0.1, 0.15) is 11.5 Å². The predicted octanol–water partition coefficient (Wildman–Crippen LogP) is 2.58. The Bertz CT molecular complexity index is 464. The van der Waals surface area contributed by atoms with Crippen LogP contribution in [0.1, 0.15) is 25.3 Å². The molecule has 0 unspecified atom stereocenters. The second-order valence-electron chi connectivity index (χ2n) is 3.66. The predicted molar refractivity (Wildman–Crippen MR) is 67.3 cm³/mol. The SMILES string of the molecule is COc1ccc(/C(C)=N/O)c(OCCCC#N)c1. The molecule has 0 spiro atoms. The van der Waals surface area contributed by atoms with Crippen molar-refractivity contribution in [3.63, 3.8) is 0 Å². The molecule has 0 atom stereocenters. The number of benzene rings is 1. The molecular weight excluding hydrogens is 232 g/mol. The van der Waals surface area contributed by atoms with Crippen molar-refractivity contribution in [2.24, 2.45) is 5.16 Å². The van der Waals surface area contributed by atoms with Gasteiger partial charge in [-0.15, -0.1) is 0 Å². The number of nitriles is 1. The molecule has 1 aromatic carbocycles. The van der Waals surface area contributed by atoms with Crippen LogP contribution in [0, 0.1) is 11.3 Å². The van der Waals surface area contributed by atoms with Crippen molar-refractivity contribution in [2.75, 3.05) is 13.7 Å². The first-order valence-electron chi connectivity index (χ1n) is 5.59. The summed E-state index contributed by atoms with van der Waals surface area (Å²) in [7, 11) is 1.57. The van der Waals surface area contributed by atoms with Gasteiger partial charge in [-0.05, 0) is 25.5 Å². The quantitative estimate of drug-likeness (QED) is 0.363. The highest BCUT2D eigenvalue weighted by molar-refractivity contribution is 6.00. The summed E-state index contributed by atoms with van der Waals surface area (Å²) in [5, 5.41) is 20.4. The van der Waals surface area contributed by atoms with Crippen LogP contribution in [-0.2, 0) is 0 Å². The van der Waals surface area contributed by atoms with Crippen molar-refractivity contribution in [1.82, 2.24) is 0 Å². The average Bonchev–Trinajstić information content (AvgIpc) is 2.42. The van der Waals surface area contributed by atoms with Crippen LogP contribution < -0.4 is 9.47 Å². The zero-order valence-electron chi connectivity index (χ0n) is 10.5. The van der Waals surface area contributed by atoms with Crippen LogP contribution in [-0.4, -0.2) is 24.6 Å². The molecule has 0 aliphatic heterocycles. The fraction of sp³-hybridized carbons (Fsp3) is 0.385. The first-order valence-corrected chi connectivity index (χ1v) is 5.59. The summed E-state index contributed by atoms with van der Waals surface area (Å²) in [6.45, 7) is 2.12. The van der Waals surface area contributed by atoms with Gasteiger partial charge in [0.25, 0.3) is 0 Å². The van der Waals surface area contributed by atoms with Gasteiger partial charge in [0, 0.05) is 18.1 Å². The molecule has 1 N–H and O–H groups in total. The van der Waals surface area contributed by atoms with Crippen LogP contribution in [0.2, 0.25) is 0 Å². The molecule has 1 aromatic rings. The van der Waals surface area contributed by atoms with Gasteiger partial charge in [-0.3, -0.25) is 0 Å². The maximum absolute atomic E-state index is 8.81. The molecule has 5 heteroatoms. The molecule has 18 heavy (non-hydrogen) atoms. The van der Waals surface area contributed by atoms with E-state index in [-0.39, 0.29) is 0 Å². The first kappa shape index (κ1) is 13.8. The highest BCUT2D eigenvalue weighted by Gasteiger charge is 2.09. The second-order valence-corrected chi connectivity index (χ2v) is 3.66. The molecule has 0 aliphatic rings. The number of ether oxygens (including phenoxy) is 2. The molecular formula is C13H16N2O3. The van der Waals surface area contributed by atoms with Gasteiger partial charge in [0.2, 0.25) is 0 Å². The van der Waals surface area contributed by atoms with E-state index >= 15 is 0 Å². The molecule has 1 rings (SSSR count). The fourth-order valence-corrected chi connectivity index (χ4v) is 1.44. The highest BCUT2D eigenvalue weighted by Crippen LogP contribution is 2.25. The first-order chi connectivity index (χ1) is 8.72. The zero-order valence-corrected chi connectivity index (χ0v) is 10.5. The smallest absolute Gasteiger partial charge is 0.132 e. The summed E-state index contributed by atoms with van der Waals surface area (Å²) in [6.07, 6.45) is 1.11. The summed E-state index contributed by atoms with van der Waals surface area (Å²) in [5.41, 5.74) is 1.17. The minimum atomic E-state index is 0.437. The van der Waals surface area contributed by atoms with Gasteiger partial charge < -0.3 is 14.7 Å². The Morgan fingerprint density at radius 1 is 1.50 bits per heavy atom. The van der Waals surface area contributed by atoms with E-state index < -0.39 is 0 Å². The van der Waals surface area contributed by atoms with E-state index in [0.717, 1.165) is 0 Å². The van der Waals surface area contributed by atoms with Crippen molar-refractivity contribution < 1.29 is 14.7 Å². The molecule has 5 nitrogen and oxygen atoms in total. The Morgan fingerprint density at radius 2 is 2.28 bits per heavy atom. The maximum atomic E-state index is 8.81. The summed E-state index contributed by atoms with van der Waals surface area (Å²) < 4.78 is 10.7. The number of oxime groups is 1. The van der Waals surface area contributed by atoms with Crippen molar-refractivity contribution in [1.29, 1.82) is 5.26 Å². The normalized spacial score (nSPS) is 10.8. The molecule has 0 heterocycles. The van der Waals surface area contributed by atoms with E-state index in [1.165, 1.54) is 0 Å². The van der Waals surface area contributed by atoms with Crippen LogP contribution in [0.4, 0.5) is 0 Å². The molecule has 0 bridgehead atoms. The lowest BCUT2D eigenvalue weighted by Crippen LogP contribution is -2.04. The molecule has 0 fully saturated rings. The molecule has 0 aromatic heterocycles. The standard InChI is InChI=1S/C13H16N2O3/c1-10(15-16)12-6-5-11(17-2)9-13(12)18-8-4-3-7-14/h5-6,9,16H,3-4,8H2,1-2H3/b15-10+. The lowest BCUT2D eigenvalue weighted by molar-refractivity contribution is 0.306. The summed E-state index contributed by atoms with van der Waals surface area (Å²) >= 11 is 0. The zero-order chi connectivity index (χ0) is 13.4.